The molecule has 3 nitrogen and oxygen atoms in total. The summed E-state index contributed by atoms with van der Waals surface area (Å²) < 4.78 is 23.9. The van der Waals surface area contributed by atoms with Crippen LogP contribution in [-0.2, 0) is 13.2 Å². The smallest absolute Gasteiger partial charge is 0.180 e. The van der Waals surface area contributed by atoms with Crippen molar-refractivity contribution in [3.05, 3.63) is 58.4 Å². The number of hydrogen-bond acceptors (Lipinski definition) is 3. The molecule has 0 aromatic heterocycles. The summed E-state index contributed by atoms with van der Waals surface area (Å²) in [5.41, 5.74) is 1.86. The highest BCUT2D eigenvalue weighted by Crippen LogP contribution is 2.36. The molecular formula is C16H17Cl2FNO2-. The van der Waals surface area contributed by atoms with Gasteiger partial charge in [0.25, 0.3) is 0 Å². The lowest BCUT2D eigenvalue weighted by atomic mass is 10.2. The third-order valence-electron chi connectivity index (χ3n) is 2.97. The van der Waals surface area contributed by atoms with Gasteiger partial charge >= 0.3 is 0 Å². The van der Waals surface area contributed by atoms with Gasteiger partial charge in [0, 0.05) is 6.54 Å². The van der Waals surface area contributed by atoms with Crippen LogP contribution in [0.5, 0.6) is 11.5 Å². The summed E-state index contributed by atoms with van der Waals surface area (Å²) in [6.07, 6.45) is 0. The maximum absolute atomic E-state index is 12.9. The van der Waals surface area contributed by atoms with Crippen molar-refractivity contribution in [2.75, 3.05) is 14.2 Å². The highest BCUT2D eigenvalue weighted by atomic mass is 35.5. The Balaban J connectivity index is 0.00000242. The second-order valence-corrected chi connectivity index (χ2v) is 4.96. The minimum Gasteiger partial charge on any atom is -1.00 e. The molecule has 0 aliphatic carbocycles. The molecule has 2 rings (SSSR count). The quantitative estimate of drug-likeness (QED) is 0.840. The highest BCUT2D eigenvalue weighted by molar-refractivity contribution is 6.32. The van der Waals surface area contributed by atoms with Gasteiger partial charge in [-0.15, -0.1) is 0 Å². The Hall–Kier alpha value is -1.49. The summed E-state index contributed by atoms with van der Waals surface area (Å²) in [6, 6.07) is 9.85. The first-order valence-corrected chi connectivity index (χ1v) is 6.90. The Bertz CT molecular complexity index is 606. The Labute approximate surface area is 140 Å². The topological polar surface area (TPSA) is 30.5 Å². The predicted molar refractivity (Wildman–Crippen MR) is 81.5 cm³/mol. The number of hydrogen-bond donors (Lipinski definition) is 1. The molecular weight excluding hydrogens is 328 g/mol. The summed E-state index contributed by atoms with van der Waals surface area (Å²) in [5, 5.41) is 3.54. The van der Waals surface area contributed by atoms with Gasteiger partial charge in [0.05, 0.1) is 12.1 Å². The zero-order valence-electron chi connectivity index (χ0n) is 12.3. The van der Waals surface area contributed by atoms with Crippen molar-refractivity contribution in [3.63, 3.8) is 0 Å². The zero-order chi connectivity index (χ0) is 15.2. The SMILES string of the molecule is CNCc1cc(Cl)c(OCc2ccc(F)cc2)c(OC)c1.[Cl-]. The maximum atomic E-state index is 12.9. The molecule has 0 saturated carbocycles. The highest BCUT2D eigenvalue weighted by Gasteiger charge is 2.12. The van der Waals surface area contributed by atoms with Gasteiger partial charge in [0.15, 0.2) is 11.5 Å². The van der Waals surface area contributed by atoms with Crippen molar-refractivity contribution >= 4 is 11.6 Å². The molecule has 0 radical (unpaired) electrons. The fourth-order valence-electron chi connectivity index (χ4n) is 1.96. The molecule has 0 amide bonds. The van der Waals surface area contributed by atoms with E-state index in [1.54, 1.807) is 19.2 Å². The predicted octanol–water partition coefficient (Wildman–Crippen LogP) is 0.790. The van der Waals surface area contributed by atoms with Crippen LogP contribution in [0.1, 0.15) is 11.1 Å². The van der Waals surface area contributed by atoms with Crippen LogP contribution < -0.4 is 27.2 Å². The summed E-state index contributed by atoms with van der Waals surface area (Å²) in [5.74, 6) is 0.795. The number of halogens is 3. The molecule has 1 N–H and O–H groups in total. The third-order valence-corrected chi connectivity index (χ3v) is 3.25. The summed E-state index contributed by atoms with van der Waals surface area (Å²) in [6.45, 7) is 0.982. The lowest BCUT2D eigenvalue weighted by Crippen LogP contribution is -3.00. The fraction of sp³-hybridized carbons (Fsp3) is 0.250. The molecule has 0 unspecified atom stereocenters. The molecule has 0 aliphatic rings. The van der Waals surface area contributed by atoms with Gasteiger partial charge in [-0.25, -0.2) is 4.39 Å². The van der Waals surface area contributed by atoms with E-state index >= 15 is 0 Å². The Morgan fingerprint density at radius 3 is 2.41 bits per heavy atom. The van der Waals surface area contributed by atoms with Crippen LogP contribution in [0.2, 0.25) is 5.02 Å². The number of nitrogens with one attached hydrogen (secondary N) is 1. The molecule has 6 heteroatoms. The lowest BCUT2D eigenvalue weighted by Gasteiger charge is -2.14. The largest absolute Gasteiger partial charge is 1.00 e. The van der Waals surface area contributed by atoms with Crippen LogP contribution in [0.4, 0.5) is 4.39 Å². The maximum Gasteiger partial charge on any atom is 0.180 e. The number of benzene rings is 2. The van der Waals surface area contributed by atoms with Gasteiger partial charge in [-0.2, -0.15) is 0 Å². The van der Waals surface area contributed by atoms with Gasteiger partial charge in [0.2, 0.25) is 0 Å². The summed E-state index contributed by atoms with van der Waals surface area (Å²) in [7, 11) is 3.43. The van der Waals surface area contributed by atoms with Gasteiger partial charge in [0.1, 0.15) is 12.4 Å². The van der Waals surface area contributed by atoms with Gasteiger partial charge < -0.3 is 27.2 Å². The van der Waals surface area contributed by atoms with Crippen molar-refractivity contribution in [1.29, 1.82) is 0 Å². The second kappa shape index (κ2) is 8.83. The van der Waals surface area contributed by atoms with E-state index in [0.717, 1.165) is 11.1 Å². The van der Waals surface area contributed by atoms with E-state index in [1.807, 2.05) is 19.2 Å². The van der Waals surface area contributed by atoms with Crippen LogP contribution in [0.25, 0.3) is 0 Å². The molecule has 0 saturated heterocycles. The molecule has 0 heterocycles. The molecule has 2 aromatic rings. The second-order valence-electron chi connectivity index (χ2n) is 4.55. The van der Waals surface area contributed by atoms with Crippen molar-refractivity contribution in [2.45, 2.75) is 13.2 Å². The standard InChI is InChI=1S/C16H17ClFNO2.ClH/c1-19-9-12-7-14(17)16(15(8-12)20-2)21-10-11-3-5-13(18)6-4-11;/h3-8,19H,9-10H2,1-2H3;1H/p-1. The molecule has 0 atom stereocenters. The summed E-state index contributed by atoms with van der Waals surface area (Å²) in [4.78, 5) is 0. The number of methoxy groups -OCH3 is 1. The first kappa shape index (κ1) is 18.6. The molecule has 0 spiro atoms. The van der Waals surface area contributed by atoms with E-state index in [-0.39, 0.29) is 18.2 Å². The van der Waals surface area contributed by atoms with Crippen molar-refractivity contribution in [1.82, 2.24) is 5.32 Å². The average molecular weight is 345 g/mol. The van der Waals surface area contributed by atoms with Gasteiger partial charge in [-0.05, 0) is 42.4 Å². The van der Waals surface area contributed by atoms with E-state index in [0.29, 0.717) is 29.7 Å². The van der Waals surface area contributed by atoms with E-state index in [9.17, 15) is 4.39 Å². The minimum absolute atomic E-state index is 0. The van der Waals surface area contributed by atoms with Crippen molar-refractivity contribution in [3.8, 4) is 11.5 Å². The molecule has 22 heavy (non-hydrogen) atoms. The van der Waals surface area contributed by atoms with Gasteiger partial charge in [-0.1, -0.05) is 23.7 Å². The minimum atomic E-state index is -0.272. The Kier molecular flexibility index (Phi) is 7.45. The molecule has 120 valence electrons. The van der Waals surface area contributed by atoms with E-state index in [4.69, 9.17) is 21.1 Å². The average Bonchev–Trinajstić information content (AvgIpc) is 2.47. The fourth-order valence-corrected chi connectivity index (χ4v) is 2.24. The van der Waals surface area contributed by atoms with Crippen LogP contribution >= 0.6 is 11.6 Å². The van der Waals surface area contributed by atoms with Crippen LogP contribution in [0.15, 0.2) is 36.4 Å². The van der Waals surface area contributed by atoms with Crippen LogP contribution in [0.3, 0.4) is 0 Å². The van der Waals surface area contributed by atoms with Gasteiger partial charge in [-0.3, -0.25) is 0 Å². The Morgan fingerprint density at radius 1 is 1.14 bits per heavy atom. The monoisotopic (exact) mass is 344 g/mol. The first-order chi connectivity index (χ1) is 10.1. The molecule has 0 bridgehead atoms. The van der Waals surface area contributed by atoms with E-state index in [2.05, 4.69) is 5.32 Å². The summed E-state index contributed by atoms with van der Waals surface area (Å²) >= 11 is 6.25. The third kappa shape index (κ3) is 4.77. The molecule has 0 fully saturated rings. The molecule has 0 aliphatic heterocycles. The van der Waals surface area contributed by atoms with Crippen LogP contribution in [0, 0.1) is 5.82 Å². The number of rotatable bonds is 6. The first-order valence-electron chi connectivity index (χ1n) is 6.52. The number of ether oxygens (including phenoxy) is 2. The van der Waals surface area contributed by atoms with Crippen molar-refractivity contribution in [2.24, 2.45) is 0 Å². The van der Waals surface area contributed by atoms with E-state index in [1.165, 1.54) is 12.1 Å². The Morgan fingerprint density at radius 2 is 1.82 bits per heavy atom. The lowest BCUT2D eigenvalue weighted by molar-refractivity contribution is -0.00000541. The molecule has 2 aromatic carbocycles. The zero-order valence-corrected chi connectivity index (χ0v) is 13.8. The van der Waals surface area contributed by atoms with Crippen LogP contribution in [-0.4, -0.2) is 14.2 Å². The normalized spacial score (nSPS) is 10.0. The van der Waals surface area contributed by atoms with Crippen molar-refractivity contribution < 1.29 is 26.3 Å². The van der Waals surface area contributed by atoms with E-state index < -0.39 is 0 Å².